The van der Waals surface area contributed by atoms with Crippen LogP contribution in [0.15, 0.2) is 29.6 Å². The topological polar surface area (TPSA) is 35.5 Å². The molecule has 3 nitrogen and oxygen atoms in total. The van der Waals surface area contributed by atoms with Gasteiger partial charge in [0.25, 0.3) is 0 Å². The van der Waals surface area contributed by atoms with Crippen LogP contribution in [0.3, 0.4) is 0 Å². The van der Waals surface area contributed by atoms with Crippen LogP contribution in [0.25, 0.3) is 0 Å². The van der Waals surface area contributed by atoms with Gasteiger partial charge in [0.05, 0.1) is 24.2 Å². The van der Waals surface area contributed by atoms with Gasteiger partial charge in [0.2, 0.25) is 5.78 Å². The first-order chi connectivity index (χ1) is 8.79. The summed E-state index contributed by atoms with van der Waals surface area (Å²) in [4.78, 5) is 13.1. The Bertz CT molecular complexity index is 601. The average Bonchev–Trinajstić information content (AvgIpc) is 3.05. The predicted molar refractivity (Wildman–Crippen MR) is 69.9 cm³/mol. The van der Waals surface area contributed by atoms with Gasteiger partial charge in [-0.05, 0) is 11.6 Å². The Balaban J connectivity index is 2.00. The first kappa shape index (κ1) is 11.3. The zero-order chi connectivity index (χ0) is 12.5. The number of rotatable bonds is 3. The summed E-state index contributed by atoms with van der Waals surface area (Å²) in [6.45, 7) is 0.660. The highest BCUT2D eigenvalue weighted by atomic mass is 32.1. The van der Waals surface area contributed by atoms with Crippen LogP contribution in [0.4, 0.5) is 0 Å². The molecule has 1 aliphatic rings. The standard InChI is InChI=1S/C14H12O3S/c1-16-10-7-12(18-8-10)13(15)11-4-2-3-9-5-6-17-14(9)11/h2-4,7-8H,5-6H2,1H3. The van der Waals surface area contributed by atoms with E-state index >= 15 is 0 Å². The minimum atomic E-state index is 0.00190. The van der Waals surface area contributed by atoms with Crippen molar-refractivity contribution in [2.75, 3.05) is 13.7 Å². The maximum atomic E-state index is 12.4. The van der Waals surface area contributed by atoms with Gasteiger partial charge in [-0.2, -0.15) is 0 Å². The van der Waals surface area contributed by atoms with E-state index in [0.29, 0.717) is 17.0 Å². The van der Waals surface area contributed by atoms with Crippen LogP contribution >= 0.6 is 11.3 Å². The summed E-state index contributed by atoms with van der Waals surface area (Å²) < 4.78 is 10.7. The van der Waals surface area contributed by atoms with Crippen molar-refractivity contribution in [2.45, 2.75) is 6.42 Å². The number of carbonyl (C=O) groups is 1. The molecule has 0 bridgehead atoms. The maximum Gasteiger partial charge on any atom is 0.206 e. The fourth-order valence-corrected chi connectivity index (χ4v) is 2.88. The van der Waals surface area contributed by atoms with Crippen LogP contribution < -0.4 is 9.47 Å². The lowest BCUT2D eigenvalue weighted by molar-refractivity contribution is 0.103. The fourth-order valence-electron chi connectivity index (χ4n) is 2.07. The Morgan fingerprint density at radius 2 is 2.33 bits per heavy atom. The van der Waals surface area contributed by atoms with E-state index in [1.807, 2.05) is 23.6 Å². The summed E-state index contributed by atoms with van der Waals surface area (Å²) in [6.07, 6.45) is 0.879. The Hall–Kier alpha value is -1.81. The molecule has 0 unspecified atom stereocenters. The quantitative estimate of drug-likeness (QED) is 0.796. The number of hydrogen-bond donors (Lipinski definition) is 0. The van der Waals surface area contributed by atoms with Crippen LogP contribution in [-0.2, 0) is 6.42 Å². The molecule has 0 saturated carbocycles. The van der Waals surface area contributed by atoms with E-state index in [1.54, 1.807) is 13.2 Å². The van der Waals surface area contributed by atoms with Crippen molar-refractivity contribution in [2.24, 2.45) is 0 Å². The monoisotopic (exact) mass is 260 g/mol. The summed E-state index contributed by atoms with van der Waals surface area (Å²) in [5.41, 5.74) is 1.76. The van der Waals surface area contributed by atoms with Crippen LogP contribution in [0, 0.1) is 0 Å². The summed E-state index contributed by atoms with van der Waals surface area (Å²) >= 11 is 1.39. The normalized spacial score (nSPS) is 12.9. The van der Waals surface area contributed by atoms with Crippen molar-refractivity contribution in [1.29, 1.82) is 0 Å². The highest BCUT2D eigenvalue weighted by Gasteiger charge is 2.22. The Labute approximate surface area is 109 Å². The molecule has 1 aliphatic heterocycles. The lowest BCUT2D eigenvalue weighted by atomic mass is 10.0. The molecule has 4 heteroatoms. The molecular weight excluding hydrogens is 248 g/mol. The van der Waals surface area contributed by atoms with Crippen molar-refractivity contribution in [3.05, 3.63) is 45.6 Å². The van der Waals surface area contributed by atoms with Crippen LogP contribution in [0.2, 0.25) is 0 Å². The molecule has 0 spiro atoms. The van der Waals surface area contributed by atoms with E-state index in [2.05, 4.69) is 0 Å². The average molecular weight is 260 g/mol. The fraction of sp³-hybridized carbons (Fsp3) is 0.214. The number of carbonyl (C=O) groups excluding carboxylic acids is 1. The number of hydrogen-bond acceptors (Lipinski definition) is 4. The van der Waals surface area contributed by atoms with E-state index in [4.69, 9.17) is 9.47 Å². The second-order valence-corrected chi connectivity index (χ2v) is 4.98. The van der Waals surface area contributed by atoms with Gasteiger partial charge in [0.15, 0.2) is 0 Å². The van der Waals surface area contributed by atoms with Gasteiger partial charge >= 0.3 is 0 Å². The van der Waals surface area contributed by atoms with Crippen molar-refractivity contribution in [3.63, 3.8) is 0 Å². The highest BCUT2D eigenvalue weighted by molar-refractivity contribution is 7.12. The third-order valence-electron chi connectivity index (χ3n) is 2.99. The zero-order valence-corrected chi connectivity index (χ0v) is 10.8. The number of thiophene rings is 1. The molecular formula is C14H12O3S. The van der Waals surface area contributed by atoms with Gasteiger partial charge in [-0.3, -0.25) is 4.79 Å². The van der Waals surface area contributed by atoms with E-state index in [-0.39, 0.29) is 5.78 Å². The van der Waals surface area contributed by atoms with Crippen molar-refractivity contribution in [1.82, 2.24) is 0 Å². The molecule has 0 N–H and O–H groups in total. The van der Waals surface area contributed by atoms with Crippen molar-refractivity contribution >= 4 is 17.1 Å². The van der Waals surface area contributed by atoms with Crippen LogP contribution in [0.1, 0.15) is 20.8 Å². The van der Waals surface area contributed by atoms with E-state index in [1.165, 1.54) is 11.3 Å². The van der Waals surface area contributed by atoms with Gasteiger partial charge in [-0.1, -0.05) is 12.1 Å². The first-order valence-corrected chi connectivity index (χ1v) is 6.59. The summed E-state index contributed by atoms with van der Waals surface area (Å²) in [5, 5.41) is 1.83. The zero-order valence-electron chi connectivity index (χ0n) is 9.93. The number of ketones is 1. The third-order valence-corrected chi connectivity index (χ3v) is 3.90. The lowest BCUT2D eigenvalue weighted by Gasteiger charge is -2.05. The lowest BCUT2D eigenvalue weighted by Crippen LogP contribution is -2.01. The molecule has 92 valence electrons. The van der Waals surface area contributed by atoms with Gasteiger partial charge in [0.1, 0.15) is 11.5 Å². The molecule has 2 heterocycles. The largest absolute Gasteiger partial charge is 0.496 e. The van der Waals surface area contributed by atoms with Gasteiger partial charge in [-0.25, -0.2) is 0 Å². The van der Waals surface area contributed by atoms with Gasteiger partial charge in [-0.15, -0.1) is 11.3 Å². The minimum absolute atomic E-state index is 0.00190. The Kier molecular flexibility index (Phi) is 2.80. The number of ether oxygens (including phenoxy) is 2. The SMILES string of the molecule is COc1csc(C(=O)c2cccc3c2OCC3)c1. The second kappa shape index (κ2) is 4.46. The molecule has 0 aliphatic carbocycles. The Morgan fingerprint density at radius 1 is 1.44 bits per heavy atom. The number of para-hydroxylation sites is 1. The van der Waals surface area contributed by atoms with Gasteiger partial charge < -0.3 is 9.47 Å². The number of methoxy groups -OCH3 is 1. The molecule has 0 radical (unpaired) electrons. The third kappa shape index (κ3) is 1.78. The molecule has 0 fully saturated rings. The molecule has 0 saturated heterocycles. The van der Waals surface area contributed by atoms with E-state index in [0.717, 1.165) is 23.5 Å². The van der Waals surface area contributed by atoms with Crippen LogP contribution in [-0.4, -0.2) is 19.5 Å². The maximum absolute atomic E-state index is 12.4. The van der Waals surface area contributed by atoms with Gasteiger partial charge in [0, 0.05) is 17.9 Å². The highest BCUT2D eigenvalue weighted by Crippen LogP contribution is 2.33. The van der Waals surface area contributed by atoms with E-state index in [9.17, 15) is 4.79 Å². The molecule has 1 aromatic carbocycles. The summed E-state index contributed by atoms with van der Waals surface area (Å²) in [7, 11) is 1.60. The second-order valence-electron chi connectivity index (χ2n) is 4.07. The summed E-state index contributed by atoms with van der Waals surface area (Å²) in [6, 6.07) is 7.50. The number of benzene rings is 1. The molecule has 0 atom stereocenters. The predicted octanol–water partition coefficient (Wildman–Crippen LogP) is 2.92. The molecule has 3 rings (SSSR count). The summed E-state index contributed by atoms with van der Waals surface area (Å²) in [5.74, 6) is 1.47. The number of fused-ring (bicyclic) bond motifs is 1. The molecule has 0 amide bonds. The minimum Gasteiger partial charge on any atom is -0.496 e. The smallest absolute Gasteiger partial charge is 0.206 e. The Morgan fingerprint density at radius 3 is 3.11 bits per heavy atom. The van der Waals surface area contributed by atoms with Crippen molar-refractivity contribution in [3.8, 4) is 11.5 Å². The van der Waals surface area contributed by atoms with Crippen molar-refractivity contribution < 1.29 is 14.3 Å². The molecule has 1 aromatic heterocycles. The van der Waals surface area contributed by atoms with E-state index < -0.39 is 0 Å². The molecule has 2 aromatic rings. The van der Waals surface area contributed by atoms with Crippen LogP contribution in [0.5, 0.6) is 11.5 Å². The molecule has 18 heavy (non-hydrogen) atoms. The first-order valence-electron chi connectivity index (χ1n) is 5.71.